The molecular formula is C21H19FN2O2. The first-order chi connectivity index (χ1) is 12.6. The van der Waals surface area contributed by atoms with Gasteiger partial charge in [-0.3, -0.25) is 9.59 Å². The van der Waals surface area contributed by atoms with Crippen LogP contribution in [0, 0.1) is 5.82 Å². The molecule has 0 radical (unpaired) electrons. The number of carbonyl (C=O) groups is 2. The van der Waals surface area contributed by atoms with Gasteiger partial charge in [-0.15, -0.1) is 0 Å². The maximum absolute atomic E-state index is 13.1. The average Bonchev–Trinajstić information content (AvgIpc) is 2.65. The molecule has 2 N–H and O–H groups in total. The van der Waals surface area contributed by atoms with Crippen LogP contribution in [-0.2, 0) is 22.6 Å². The highest BCUT2D eigenvalue weighted by molar-refractivity contribution is 5.91. The molecule has 3 rings (SSSR count). The molecule has 5 heteroatoms. The fourth-order valence-electron chi connectivity index (χ4n) is 2.77. The van der Waals surface area contributed by atoms with Gasteiger partial charge in [-0.2, -0.15) is 0 Å². The number of hydrogen-bond donors (Lipinski definition) is 2. The lowest BCUT2D eigenvalue weighted by Gasteiger charge is -2.09. The van der Waals surface area contributed by atoms with Gasteiger partial charge in [-0.1, -0.05) is 54.6 Å². The number of fused-ring (bicyclic) bond motifs is 1. The highest BCUT2D eigenvalue weighted by atomic mass is 19.1. The van der Waals surface area contributed by atoms with Crippen LogP contribution in [0.2, 0.25) is 0 Å². The maximum Gasteiger partial charge on any atom is 0.239 e. The SMILES string of the molecule is O=C(CNC(=O)Cc1cccc2ccccc12)NCc1cccc(F)c1. The molecule has 0 fully saturated rings. The van der Waals surface area contributed by atoms with Crippen LogP contribution < -0.4 is 10.6 Å². The van der Waals surface area contributed by atoms with E-state index < -0.39 is 0 Å². The molecule has 132 valence electrons. The highest BCUT2D eigenvalue weighted by Crippen LogP contribution is 2.18. The van der Waals surface area contributed by atoms with Gasteiger partial charge in [0.2, 0.25) is 11.8 Å². The van der Waals surface area contributed by atoms with Gasteiger partial charge in [0, 0.05) is 6.54 Å². The molecule has 3 aromatic carbocycles. The molecule has 0 aliphatic heterocycles. The minimum atomic E-state index is -0.347. The Balaban J connectivity index is 1.50. The largest absolute Gasteiger partial charge is 0.350 e. The number of carbonyl (C=O) groups excluding carboxylic acids is 2. The van der Waals surface area contributed by atoms with Crippen molar-refractivity contribution in [1.82, 2.24) is 10.6 Å². The summed E-state index contributed by atoms with van der Waals surface area (Å²) < 4.78 is 13.1. The van der Waals surface area contributed by atoms with Crippen molar-refractivity contribution in [3.8, 4) is 0 Å². The molecular weight excluding hydrogens is 331 g/mol. The second-order valence-electron chi connectivity index (χ2n) is 6.00. The van der Waals surface area contributed by atoms with Gasteiger partial charge in [-0.25, -0.2) is 4.39 Å². The van der Waals surface area contributed by atoms with Gasteiger partial charge in [-0.05, 0) is 34.0 Å². The third kappa shape index (κ3) is 4.66. The van der Waals surface area contributed by atoms with Gasteiger partial charge in [0.1, 0.15) is 5.82 Å². The lowest BCUT2D eigenvalue weighted by molar-refractivity contribution is -0.125. The van der Waals surface area contributed by atoms with E-state index >= 15 is 0 Å². The van der Waals surface area contributed by atoms with Crippen molar-refractivity contribution in [2.75, 3.05) is 6.54 Å². The number of rotatable bonds is 6. The first-order valence-electron chi connectivity index (χ1n) is 8.36. The molecule has 0 aromatic heterocycles. The van der Waals surface area contributed by atoms with Crippen molar-refractivity contribution in [1.29, 1.82) is 0 Å². The molecule has 0 heterocycles. The predicted octanol–water partition coefficient (Wildman–Crippen LogP) is 2.95. The van der Waals surface area contributed by atoms with Crippen LogP contribution in [0.15, 0.2) is 66.7 Å². The van der Waals surface area contributed by atoms with E-state index in [1.807, 2.05) is 42.5 Å². The summed E-state index contributed by atoms with van der Waals surface area (Å²) in [5, 5.41) is 7.38. The third-order valence-electron chi connectivity index (χ3n) is 4.06. The summed E-state index contributed by atoms with van der Waals surface area (Å²) >= 11 is 0. The number of hydrogen-bond acceptors (Lipinski definition) is 2. The molecule has 2 amide bonds. The molecule has 0 bridgehead atoms. The van der Waals surface area contributed by atoms with Crippen molar-refractivity contribution >= 4 is 22.6 Å². The summed E-state index contributed by atoms with van der Waals surface area (Å²) in [4.78, 5) is 24.0. The van der Waals surface area contributed by atoms with Crippen LogP contribution in [-0.4, -0.2) is 18.4 Å². The number of benzene rings is 3. The van der Waals surface area contributed by atoms with E-state index in [1.165, 1.54) is 12.1 Å². The summed E-state index contributed by atoms with van der Waals surface area (Å²) in [6.45, 7) is 0.106. The maximum atomic E-state index is 13.1. The quantitative estimate of drug-likeness (QED) is 0.718. The topological polar surface area (TPSA) is 58.2 Å². The van der Waals surface area contributed by atoms with Gasteiger partial charge < -0.3 is 10.6 Å². The van der Waals surface area contributed by atoms with Gasteiger partial charge in [0.05, 0.1) is 13.0 Å². The molecule has 0 atom stereocenters. The summed E-state index contributed by atoms with van der Waals surface area (Å²) in [6, 6.07) is 19.7. The van der Waals surface area contributed by atoms with Crippen LogP contribution in [0.25, 0.3) is 10.8 Å². The molecule has 0 aliphatic rings. The van der Waals surface area contributed by atoms with Gasteiger partial charge >= 0.3 is 0 Å². The molecule has 0 unspecified atom stereocenters. The molecule has 3 aromatic rings. The van der Waals surface area contributed by atoms with Crippen LogP contribution in [0.4, 0.5) is 4.39 Å². The zero-order valence-corrected chi connectivity index (χ0v) is 14.2. The van der Waals surface area contributed by atoms with Crippen molar-refractivity contribution in [3.05, 3.63) is 83.7 Å². The van der Waals surface area contributed by atoms with E-state index in [-0.39, 0.29) is 37.1 Å². The van der Waals surface area contributed by atoms with Crippen molar-refractivity contribution < 1.29 is 14.0 Å². The van der Waals surface area contributed by atoms with Crippen LogP contribution >= 0.6 is 0 Å². The normalized spacial score (nSPS) is 10.5. The lowest BCUT2D eigenvalue weighted by Crippen LogP contribution is -2.37. The van der Waals surface area contributed by atoms with Crippen molar-refractivity contribution in [2.45, 2.75) is 13.0 Å². The van der Waals surface area contributed by atoms with E-state index in [1.54, 1.807) is 12.1 Å². The molecule has 4 nitrogen and oxygen atoms in total. The predicted molar refractivity (Wildman–Crippen MR) is 98.9 cm³/mol. The Morgan fingerprint density at radius 2 is 1.62 bits per heavy atom. The number of nitrogens with one attached hydrogen (secondary N) is 2. The standard InChI is InChI=1S/C21H19FN2O2/c22-18-9-3-5-15(11-18)13-23-21(26)14-24-20(25)12-17-8-4-7-16-6-1-2-10-19(16)17/h1-11H,12-14H2,(H,23,26)(H,24,25). The first-order valence-corrected chi connectivity index (χ1v) is 8.36. The molecule has 0 aliphatic carbocycles. The zero-order valence-electron chi connectivity index (χ0n) is 14.2. The fraction of sp³-hybridized carbons (Fsp3) is 0.143. The Hall–Kier alpha value is -3.21. The second-order valence-corrected chi connectivity index (χ2v) is 6.00. The monoisotopic (exact) mass is 350 g/mol. The Kier molecular flexibility index (Phi) is 5.59. The van der Waals surface area contributed by atoms with Crippen molar-refractivity contribution in [2.24, 2.45) is 0 Å². The third-order valence-corrected chi connectivity index (χ3v) is 4.06. The van der Waals surface area contributed by atoms with E-state index in [4.69, 9.17) is 0 Å². The highest BCUT2D eigenvalue weighted by Gasteiger charge is 2.09. The average molecular weight is 350 g/mol. The van der Waals surface area contributed by atoms with E-state index in [2.05, 4.69) is 10.6 Å². The van der Waals surface area contributed by atoms with Gasteiger partial charge in [0.25, 0.3) is 0 Å². The number of amides is 2. The summed E-state index contributed by atoms with van der Waals surface area (Å²) in [7, 11) is 0. The first kappa shape index (κ1) is 17.6. The Bertz CT molecular complexity index is 935. The summed E-state index contributed by atoms with van der Waals surface area (Å²) in [6.07, 6.45) is 0.207. The van der Waals surface area contributed by atoms with E-state index in [0.717, 1.165) is 16.3 Å². The zero-order chi connectivity index (χ0) is 18.4. The summed E-state index contributed by atoms with van der Waals surface area (Å²) in [5.74, 6) is -0.886. The molecule has 0 saturated heterocycles. The lowest BCUT2D eigenvalue weighted by atomic mass is 10.0. The molecule has 26 heavy (non-hydrogen) atoms. The Morgan fingerprint density at radius 3 is 2.46 bits per heavy atom. The Labute approximate surface area is 151 Å². The smallest absolute Gasteiger partial charge is 0.239 e. The fourth-order valence-corrected chi connectivity index (χ4v) is 2.77. The Morgan fingerprint density at radius 1 is 0.846 bits per heavy atom. The minimum absolute atomic E-state index is 0.112. The molecule has 0 saturated carbocycles. The van der Waals surface area contributed by atoms with Gasteiger partial charge in [0.15, 0.2) is 0 Å². The van der Waals surface area contributed by atoms with Crippen LogP contribution in [0.5, 0.6) is 0 Å². The minimum Gasteiger partial charge on any atom is -0.350 e. The van der Waals surface area contributed by atoms with E-state index in [9.17, 15) is 14.0 Å². The van der Waals surface area contributed by atoms with E-state index in [0.29, 0.717) is 5.56 Å². The van der Waals surface area contributed by atoms with Crippen LogP contribution in [0.1, 0.15) is 11.1 Å². The molecule has 0 spiro atoms. The number of halogens is 1. The van der Waals surface area contributed by atoms with Crippen LogP contribution in [0.3, 0.4) is 0 Å². The second kappa shape index (κ2) is 8.25. The van der Waals surface area contributed by atoms with Crippen molar-refractivity contribution in [3.63, 3.8) is 0 Å². The summed E-state index contributed by atoms with van der Waals surface area (Å²) in [5.41, 5.74) is 1.58.